The molecule has 0 amide bonds. The van der Waals surface area contributed by atoms with E-state index in [-0.39, 0.29) is 21.3 Å². The van der Waals surface area contributed by atoms with Crippen LogP contribution >= 0.6 is 11.6 Å². The first-order valence-electron chi connectivity index (χ1n) is 5.47. The third-order valence-electron chi connectivity index (χ3n) is 2.58. The fraction of sp³-hybridized carbons (Fsp3) is 0.0833. The molecule has 1 aromatic carbocycles. The van der Waals surface area contributed by atoms with Crippen molar-refractivity contribution in [2.75, 3.05) is 0 Å². The molecule has 2 rings (SSSR count). The van der Waals surface area contributed by atoms with Crippen LogP contribution in [0.25, 0.3) is 0 Å². The van der Waals surface area contributed by atoms with Gasteiger partial charge in [0.1, 0.15) is 11.3 Å². The van der Waals surface area contributed by atoms with Crippen LogP contribution in [0.3, 0.4) is 0 Å². The highest BCUT2D eigenvalue weighted by Crippen LogP contribution is 2.25. The van der Waals surface area contributed by atoms with Gasteiger partial charge in [-0.25, -0.2) is 13.4 Å². The Labute approximate surface area is 120 Å². The standard InChI is InChI=1S/C12H9ClN2O4S/c13-12-6-9(11(7-14-12)15(16)17)8-20(18,19)10-4-2-1-3-5-10/h1-7H,8H2. The van der Waals surface area contributed by atoms with Gasteiger partial charge in [0.05, 0.1) is 15.6 Å². The van der Waals surface area contributed by atoms with Crippen molar-refractivity contribution < 1.29 is 13.3 Å². The van der Waals surface area contributed by atoms with Crippen LogP contribution in [-0.4, -0.2) is 18.3 Å². The van der Waals surface area contributed by atoms with Crippen LogP contribution in [0.4, 0.5) is 5.69 Å². The normalized spacial score (nSPS) is 11.2. The molecule has 6 nitrogen and oxygen atoms in total. The van der Waals surface area contributed by atoms with Crippen molar-refractivity contribution in [2.45, 2.75) is 10.6 Å². The highest BCUT2D eigenvalue weighted by atomic mass is 35.5. The second-order valence-corrected chi connectivity index (χ2v) is 6.34. The monoisotopic (exact) mass is 312 g/mol. The molecular formula is C12H9ClN2O4S. The summed E-state index contributed by atoms with van der Waals surface area (Å²) in [5, 5.41) is 10.9. The quantitative estimate of drug-likeness (QED) is 0.491. The molecule has 1 aromatic heterocycles. The van der Waals surface area contributed by atoms with Gasteiger partial charge in [0.25, 0.3) is 5.69 Å². The molecule has 8 heteroatoms. The summed E-state index contributed by atoms with van der Waals surface area (Å²) in [6.07, 6.45) is 0.957. The number of hydrogen-bond donors (Lipinski definition) is 0. The summed E-state index contributed by atoms with van der Waals surface area (Å²) in [7, 11) is -3.68. The highest BCUT2D eigenvalue weighted by molar-refractivity contribution is 7.90. The molecule has 0 radical (unpaired) electrons. The summed E-state index contributed by atoms with van der Waals surface area (Å²) in [4.78, 5) is 13.9. The number of sulfone groups is 1. The van der Waals surface area contributed by atoms with Crippen molar-refractivity contribution in [3.05, 3.63) is 63.4 Å². The van der Waals surface area contributed by atoms with E-state index in [1.807, 2.05) is 0 Å². The number of nitrogens with zero attached hydrogens (tertiary/aromatic N) is 2. The fourth-order valence-corrected chi connectivity index (χ4v) is 3.22. The van der Waals surface area contributed by atoms with Crippen LogP contribution in [0.1, 0.15) is 5.56 Å². The minimum atomic E-state index is -3.68. The summed E-state index contributed by atoms with van der Waals surface area (Å²) in [5.41, 5.74) is -0.354. The Morgan fingerprint density at radius 2 is 1.90 bits per heavy atom. The molecule has 20 heavy (non-hydrogen) atoms. The molecule has 0 aliphatic heterocycles. The van der Waals surface area contributed by atoms with Crippen LogP contribution in [0, 0.1) is 10.1 Å². The Morgan fingerprint density at radius 3 is 2.50 bits per heavy atom. The summed E-state index contributed by atoms with van der Waals surface area (Å²) >= 11 is 5.67. The van der Waals surface area contributed by atoms with Crippen molar-refractivity contribution in [3.8, 4) is 0 Å². The van der Waals surface area contributed by atoms with Gasteiger partial charge >= 0.3 is 0 Å². The van der Waals surface area contributed by atoms with E-state index in [1.54, 1.807) is 18.2 Å². The van der Waals surface area contributed by atoms with E-state index in [0.29, 0.717) is 0 Å². The zero-order chi connectivity index (χ0) is 14.8. The number of halogens is 1. The molecule has 0 fully saturated rings. The first-order chi connectivity index (χ1) is 9.40. The second-order valence-electron chi connectivity index (χ2n) is 3.96. The number of hydrogen-bond acceptors (Lipinski definition) is 5. The van der Waals surface area contributed by atoms with Crippen LogP contribution in [0.15, 0.2) is 47.5 Å². The first-order valence-corrected chi connectivity index (χ1v) is 7.50. The molecular weight excluding hydrogens is 304 g/mol. The van der Waals surface area contributed by atoms with Gasteiger partial charge < -0.3 is 0 Å². The van der Waals surface area contributed by atoms with E-state index >= 15 is 0 Å². The van der Waals surface area contributed by atoms with Gasteiger partial charge in [-0.1, -0.05) is 29.8 Å². The molecule has 0 aliphatic carbocycles. The second kappa shape index (κ2) is 5.56. The molecule has 0 spiro atoms. The van der Waals surface area contributed by atoms with Crippen molar-refractivity contribution in [3.63, 3.8) is 0 Å². The minimum Gasteiger partial charge on any atom is -0.258 e. The molecule has 0 atom stereocenters. The van der Waals surface area contributed by atoms with Crippen LogP contribution in [0.5, 0.6) is 0 Å². The van der Waals surface area contributed by atoms with Crippen LogP contribution < -0.4 is 0 Å². The molecule has 0 unspecified atom stereocenters. The first kappa shape index (κ1) is 14.4. The smallest absolute Gasteiger partial charge is 0.258 e. The predicted octanol–water partition coefficient (Wildman–Crippen LogP) is 2.62. The third-order valence-corrected chi connectivity index (χ3v) is 4.47. The third kappa shape index (κ3) is 3.12. The average molecular weight is 313 g/mol. The maximum atomic E-state index is 12.2. The van der Waals surface area contributed by atoms with E-state index in [9.17, 15) is 18.5 Å². The van der Waals surface area contributed by atoms with Crippen LogP contribution in [-0.2, 0) is 15.6 Å². The van der Waals surface area contributed by atoms with Crippen molar-refractivity contribution >= 4 is 27.1 Å². The molecule has 0 saturated carbocycles. The predicted molar refractivity (Wildman–Crippen MR) is 73.2 cm³/mol. The van der Waals surface area contributed by atoms with E-state index < -0.39 is 20.5 Å². The van der Waals surface area contributed by atoms with Gasteiger partial charge in [-0.15, -0.1) is 0 Å². The fourth-order valence-electron chi connectivity index (χ4n) is 1.66. The molecule has 0 N–H and O–H groups in total. The molecule has 104 valence electrons. The molecule has 2 aromatic rings. The lowest BCUT2D eigenvalue weighted by Gasteiger charge is -2.05. The molecule has 0 aliphatic rings. The zero-order valence-corrected chi connectivity index (χ0v) is 11.6. The Morgan fingerprint density at radius 1 is 1.25 bits per heavy atom. The largest absolute Gasteiger partial charge is 0.291 e. The molecule has 0 saturated heterocycles. The zero-order valence-electron chi connectivity index (χ0n) is 10.1. The number of nitro groups is 1. The number of benzene rings is 1. The highest BCUT2D eigenvalue weighted by Gasteiger charge is 2.22. The van der Waals surface area contributed by atoms with Gasteiger partial charge in [0, 0.05) is 5.56 Å². The number of rotatable bonds is 4. The Balaban J connectivity index is 2.44. The average Bonchev–Trinajstić information content (AvgIpc) is 2.39. The maximum absolute atomic E-state index is 12.2. The molecule has 0 bridgehead atoms. The van der Waals surface area contributed by atoms with Gasteiger partial charge in [-0.05, 0) is 18.2 Å². The van der Waals surface area contributed by atoms with E-state index in [0.717, 1.165) is 6.20 Å². The van der Waals surface area contributed by atoms with E-state index in [2.05, 4.69) is 4.98 Å². The summed E-state index contributed by atoms with van der Waals surface area (Å²) in [6, 6.07) is 8.92. The Bertz CT molecular complexity index is 747. The van der Waals surface area contributed by atoms with E-state index in [1.165, 1.54) is 18.2 Å². The summed E-state index contributed by atoms with van der Waals surface area (Å²) < 4.78 is 24.4. The minimum absolute atomic E-state index is 0.00821. The summed E-state index contributed by atoms with van der Waals surface area (Å²) in [6.45, 7) is 0. The Hall–Kier alpha value is -1.99. The lowest BCUT2D eigenvalue weighted by atomic mass is 10.2. The molecule has 1 heterocycles. The van der Waals surface area contributed by atoms with E-state index in [4.69, 9.17) is 11.6 Å². The van der Waals surface area contributed by atoms with Gasteiger partial charge in [-0.3, -0.25) is 10.1 Å². The lowest BCUT2D eigenvalue weighted by Crippen LogP contribution is -2.07. The lowest BCUT2D eigenvalue weighted by molar-refractivity contribution is -0.385. The topological polar surface area (TPSA) is 90.2 Å². The number of pyridine rings is 1. The van der Waals surface area contributed by atoms with Gasteiger partial charge in [-0.2, -0.15) is 0 Å². The summed E-state index contributed by atoms with van der Waals surface area (Å²) in [5.74, 6) is -0.504. The van der Waals surface area contributed by atoms with Crippen LogP contribution in [0.2, 0.25) is 5.15 Å². The van der Waals surface area contributed by atoms with Crippen molar-refractivity contribution in [1.29, 1.82) is 0 Å². The SMILES string of the molecule is O=[N+]([O-])c1cnc(Cl)cc1CS(=O)(=O)c1ccccc1. The Kier molecular flexibility index (Phi) is 4.01. The van der Waals surface area contributed by atoms with Gasteiger partial charge in [0.15, 0.2) is 9.84 Å². The van der Waals surface area contributed by atoms with Crippen molar-refractivity contribution in [2.24, 2.45) is 0 Å². The number of aromatic nitrogens is 1. The van der Waals surface area contributed by atoms with Gasteiger partial charge in [0.2, 0.25) is 0 Å². The maximum Gasteiger partial charge on any atom is 0.291 e. The van der Waals surface area contributed by atoms with Crippen molar-refractivity contribution in [1.82, 2.24) is 4.98 Å².